The first kappa shape index (κ1) is 6.23. The number of benzene rings is 1. The number of nitrogens with zero attached hydrogens (tertiary/aromatic N) is 1. The predicted molar refractivity (Wildman–Crippen MR) is 45.9 cm³/mol. The molecule has 0 saturated heterocycles. The van der Waals surface area contributed by atoms with Crippen LogP contribution in [0.2, 0.25) is 0 Å². The largest absolute Gasteiger partial charge is 0.394 e. The fraction of sp³-hybridized carbons (Fsp3) is 0.200. The molecule has 0 N–H and O–H groups in total. The van der Waals surface area contributed by atoms with Crippen molar-refractivity contribution < 1.29 is 4.84 Å². The molecule has 1 aromatic carbocycles. The average Bonchev–Trinajstić information content (AvgIpc) is 2.62. The van der Waals surface area contributed by atoms with Gasteiger partial charge in [0.2, 0.25) is 0 Å². The highest BCUT2D eigenvalue weighted by Gasteiger charge is 2.33. The van der Waals surface area contributed by atoms with Crippen LogP contribution in [-0.4, -0.2) is 12.3 Å². The van der Waals surface area contributed by atoms with Crippen molar-refractivity contribution in [2.24, 2.45) is 5.16 Å². The van der Waals surface area contributed by atoms with Gasteiger partial charge >= 0.3 is 0 Å². The van der Waals surface area contributed by atoms with Crippen LogP contribution in [-0.2, 0) is 11.3 Å². The van der Waals surface area contributed by atoms with Gasteiger partial charge in [-0.05, 0) is 12.0 Å². The summed E-state index contributed by atoms with van der Waals surface area (Å²) < 4.78 is 0. The van der Waals surface area contributed by atoms with Crippen molar-refractivity contribution in [1.82, 2.24) is 0 Å². The van der Waals surface area contributed by atoms with Crippen molar-refractivity contribution in [1.29, 1.82) is 0 Å². The molecule has 0 fully saturated rings. The Morgan fingerprint density at radius 2 is 2.17 bits per heavy atom. The van der Waals surface area contributed by atoms with Crippen LogP contribution in [0.4, 0.5) is 0 Å². The highest BCUT2D eigenvalue weighted by molar-refractivity contribution is 6.14. The lowest BCUT2D eigenvalue weighted by Crippen LogP contribution is -2.04. The second-order valence-corrected chi connectivity index (χ2v) is 3.15. The van der Waals surface area contributed by atoms with Crippen LogP contribution in [0.3, 0.4) is 0 Å². The Morgan fingerprint density at radius 3 is 3.17 bits per heavy atom. The third kappa shape index (κ3) is 0.670. The summed E-state index contributed by atoms with van der Waals surface area (Å²) in [5, 5.41) is 4.02. The Labute approximate surface area is 70.8 Å². The van der Waals surface area contributed by atoms with Crippen LogP contribution in [0.5, 0.6) is 0 Å². The van der Waals surface area contributed by atoms with E-state index in [0.29, 0.717) is 6.61 Å². The molecule has 0 aromatic heterocycles. The fourth-order valence-corrected chi connectivity index (χ4v) is 1.82. The zero-order chi connectivity index (χ0) is 7.97. The van der Waals surface area contributed by atoms with Gasteiger partial charge in [-0.3, -0.25) is 0 Å². The molecule has 0 amide bonds. The molecule has 59 valence electrons. The lowest BCUT2D eigenvalue weighted by Gasteiger charge is -1.96. The predicted octanol–water partition coefficient (Wildman–Crippen LogP) is 1.55. The second-order valence-electron chi connectivity index (χ2n) is 3.15. The second kappa shape index (κ2) is 2.09. The van der Waals surface area contributed by atoms with Gasteiger partial charge in [0.1, 0.15) is 6.61 Å². The Morgan fingerprint density at radius 1 is 1.25 bits per heavy atom. The average molecular weight is 158 g/mol. The van der Waals surface area contributed by atoms with Crippen molar-refractivity contribution in [3.8, 4) is 0 Å². The molecule has 12 heavy (non-hydrogen) atoms. The van der Waals surface area contributed by atoms with E-state index in [4.69, 9.17) is 4.84 Å². The Bertz CT molecular complexity index is 357. The van der Waals surface area contributed by atoms with Gasteiger partial charge in [0.25, 0.3) is 0 Å². The topological polar surface area (TPSA) is 21.6 Å². The van der Waals surface area contributed by atoms with Crippen molar-refractivity contribution in [3.63, 3.8) is 0 Å². The Hall–Kier alpha value is -1.31. The lowest BCUT2D eigenvalue weighted by molar-refractivity contribution is 0.178. The van der Waals surface area contributed by atoms with Crippen molar-refractivity contribution in [2.75, 3.05) is 6.61 Å². The highest BCUT2D eigenvalue weighted by atomic mass is 16.6. The zero-order valence-electron chi connectivity index (χ0n) is 6.58. The smallest absolute Gasteiger partial charge is 0.129 e. The summed E-state index contributed by atoms with van der Waals surface area (Å²) in [5.74, 6) is 1.33. The molecule has 1 aliphatic heterocycles. The van der Waals surface area contributed by atoms with Gasteiger partial charge in [-0.1, -0.05) is 29.4 Å². The van der Waals surface area contributed by atoms with E-state index in [0.717, 1.165) is 12.1 Å². The molecule has 0 atom stereocenters. The zero-order valence-corrected chi connectivity index (χ0v) is 6.58. The van der Waals surface area contributed by atoms with E-state index in [1.807, 2.05) is 6.07 Å². The van der Waals surface area contributed by atoms with Crippen LogP contribution in [0.1, 0.15) is 11.1 Å². The Kier molecular flexibility index (Phi) is 1.09. The number of fused-ring (bicyclic) bond motifs is 3. The third-order valence-electron chi connectivity index (χ3n) is 2.41. The molecule has 3 rings (SSSR count). The van der Waals surface area contributed by atoms with Gasteiger partial charge < -0.3 is 4.84 Å². The van der Waals surface area contributed by atoms with Crippen LogP contribution in [0.15, 0.2) is 29.4 Å². The summed E-state index contributed by atoms with van der Waals surface area (Å²) in [4.78, 5) is 5.02. The summed E-state index contributed by atoms with van der Waals surface area (Å²) in [6, 6.07) is 8.38. The van der Waals surface area contributed by atoms with E-state index < -0.39 is 0 Å². The maximum atomic E-state index is 5.02. The van der Waals surface area contributed by atoms with Crippen molar-refractivity contribution >= 4 is 5.71 Å². The molecule has 2 aliphatic rings. The molecule has 1 radical (unpaired) electrons. The summed E-state index contributed by atoms with van der Waals surface area (Å²) in [5.41, 5.74) is 3.71. The van der Waals surface area contributed by atoms with Crippen LogP contribution in [0, 0.1) is 5.92 Å². The van der Waals surface area contributed by atoms with E-state index in [1.165, 1.54) is 17.0 Å². The van der Waals surface area contributed by atoms with E-state index in [9.17, 15) is 0 Å². The molecule has 0 unspecified atom stereocenters. The molecular weight excluding hydrogens is 150 g/mol. The molecule has 1 aliphatic carbocycles. The normalized spacial score (nSPS) is 19.8. The minimum Gasteiger partial charge on any atom is -0.394 e. The summed E-state index contributed by atoms with van der Waals surface area (Å²) >= 11 is 0. The van der Waals surface area contributed by atoms with Gasteiger partial charge in [0.05, 0.1) is 11.6 Å². The van der Waals surface area contributed by atoms with E-state index in [-0.39, 0.29) is 0 Å². The molecule has 2 nitrogen and oxygen atoms in total. The number of hydrogen-bond donors (Lipinski definition) is 0. The monoisotopic (exact) mass is 158 g/mol. The molecule has 1 aromatic rings. The van der Waals surface area contributed by atoms with Gasteiger partial charge in [-0.2, -0.15) is 0 Å². The molecule has 0 bridgehead atoms. The SMILES string of the molecule is c1ccc2c(c1)C[C]1CON=C12. The quantitative estimate of drug-likeness (QED) is 0.561. The molecule has 0 saturated carbocycles. The van der Waals surface area contributed by atoms with Crippen LogP contribution < -0.4 is 0 Å². The third-order valence-corrected chi connectivity index (χ3v) is 2.41. The van der Waals surface area contributed by atoms with Gasteiger partial charge in [0, 0.05) is 5.56 Å². The maximum absolute atomic E-state index is 5.02. The van der Waals surface area contributed by atoms with Gasteiger partial charge in [0.15, 0.2) is 0 Å². The fourth-order valence-electron chi connectivity index (χ4n) is 1.82. The van der Waals surface area contributed by atoms with Crippen LogP contribution in [0.25, 0.3) is 0 Å². The van der Waals surface area contributed by atoms with Crippen molar-refractivity contribution in [2.45, 2.75) is 6.42 Å². The number of hydrogen-bond acceptors (Lipinski definition) is 2. The molecule has 2 heteroatoms. The lowest BCUT2D eigenvalue weighted by atomic mass is 10.1. The minimum atomic E-state index is 0.685. The van der Waals surface area contributed by atoms with E-state index >= 15 is 0 Å². The van der Waals surface area contributed by atoms with E-state index in [1.54, 1.807) is 0 Å². The Balaban J connectivity index is 2.20. The van der Waals surface area contributed by atoms with E-state index in [2.05, 4.69) is 23.4 Å². The standard InChI is InChI=1S/C10H8NO/c1-2-4-9-7(3-1)5-8-6-12-11-10(8)9/h1-4H,5-6H2. The van der Waals surface area contributed by atoms with Gasteiger partial charge in [-0.15, -0.1) is 0 Å². The summed E-state index contributed by atoms with van der Waals surface area (Å²) in [6.07, 6.45) is 1.02. The van der Waals surface area contributed by atoms with Crippen LogP contribution >= 0.6 is 0 Å². The molecular formula is C10H8NO. The highest BCUT2D eigenvalue weighted by Crippen LogP contribution is 2.32. The van der Waals surface area contributed by atoms with Gasteiger partial charge in [-0.25, -0.2) is 0 Å². The number of rotatable bonds is 0. The summed E-state index contributed by atoms with van der Waals surface area (Å²) in [7, 11) is 0. The minimum absolute atomic E-state index is 0.685. The first-order valence-corrected chi connectivity index (χ1v) is 4.08. The maximum Gasteiger partial charge on any atom is 0.129 e. The van der Waals surface area contributed by atoms with Crippen molar-refractivity contribution in [3.05, 3.63) is 41.3 Å². The molecule has 1 heterocycles. The summed E-state index contributed by atoms with van der Waals surface area (Å²) in [6.45, 7) is 0.685. The first-order valence-electron chi connectivity index (χ1n) is 4.08. The first-order chi connectivity index (χ1) is 5.95. The number of oxime groups is 1. The molecule has 0 spiro atoms.